The van der Waals surface area contributed by atoms with Gasteiger partial charge in [0, 0.05) is 73.5 Å². The number of carbonyl (C=O) groups is 2. The molecule has 13 aromatic heterocycles. The molecule has 113 heavy (non-hydrogen) atoms. The summed E-state index contributed by atoms with van der Waals surface area (Å²) in [7, 11) is 3.17. The van der Waals surface area contributed by atoms with Crippen LogP contribution in [0, 0.1) is 0 Å². The van der Waals surface area contributed by atoms with E-state index in [0.717, 1.165) is 45.4 Å². The van der Waals surface area contributed by atoms with E-state index in [0.29, 0.717) is 85.8 Å². The number of aromatic nitrogens is 19. The van der Waals surface area contributed by atoms with Crippen molar-refractivity contribution in [3.8, 4) is 46.1 Å². The minimum atomic E-state index is -4.63. The molecule has 40 heteroatoms. The minimum Gasteiger partial charge on any atom is -0.497 e. The Balaban J connectivity index is 0.000000150. The molecule has 0 fully saturated rings. The van der Waals surface area contributed by atoms with Crippen LogP contribution >= 0.6 is 31.9 Å². The van der Waals surface area contributed by atoms with E-state index >= 15 is 0 Å². The number of fused-ring (bicyclic) bond motifs is 3. The quantitative estimate of drug-likeness (QED) is 0.0329. The van der Waals surface area contributed by atoms with E-state index in [9.17, 15) is 49.1 Å². The lowest BCUT2D eigenvalue weighted by Gasteiger charge is -2.12. The lowest BCUT2D eigenvalue weighted by molar-refractivity contribution is -0.141. The summed E-state index contributed by atoms with van der Waals surface area (Å²) in [6.45, 7) is 3.52. The monoisotopic (exact) mass is 1680 g/mol. The van der Waals surface area contributed by atoms with Crippen LogP contribution in [-0.4, -0.2) is 120 Å². The lowest BCUT2D eigenvalue weighted by atomic mass is 10.2. The number of H-pyrrole nitrogens is 1. The Morgan fingerprint density at radius 2 is 0.841 bits per heavy atom. The molecule has 29 nitrogen and oxygen atoms in total. The van der Waals surface area contributed by atoms with Crippen molar-refractivity contribution in [2.45, 2.75) is 45.5 Å². The van der Waals surface area contributed by atoms with Gasteiger partial charge >= 0.3 is 18.5 Å². The van der Waals surface area contributed by atoms with Crippen molar-refractivity contribution >= 4 is 129 Å². The third kappa shape index (κ3) is 20.6. The smallest absolute Gasteiger partial charge is 0.433 e. The molecule has 0 aliphatic carbocycles. The standard InChI is InChI=1S/C26H21F3N8O2.C24H17BrF3N7O.C18H13F3N8O.C5H5BrN2/c1-15(38)32-21-12-17(10-11-30-21)33-24-22-25(37(14-31-22)13-16-6-8-18(39-2)9-7-16)36-23(35-24)19-4-3-5-20(34-19)26(27,28)29;1-36-16-7-5-14(6-8-16)12-35-13-30-20-22(31-15-9-10-29-19(25)11-15)33-21(34-23(20)35)17-3-2-4-18(32-17)24(26,27)28;1-9(30)25-13-7-10(5-6-22-13)26-17-14-16(24-8-23-14)28-15(29-17)11-3-2-4-12(27-11)18(19,20)21;6-5-3-4(7)1-2-8-5/h3-12,14H,13H2,1-2H3,(H2,30,32,33,35,36,38);2-11,13H,12H2,1H3,(H,29,31,33,34);2-8H,1H3,(H3,22,23,24,25,26,28,29,30);1-3H,(H2,7,8). The van der Waals surface area contributed by atoms with Gasteiger partial charge in [-0.1, -0.05) is 42.5 Å². The predicted octanol–water partition coefficient (Wildman–Crippen LogP) is 15.9. The molecular weight excluding hydrogens is 1620 g/mol. The molecule has 0 unspecified atom stereocenters. The van der Waals surface area contributed by atoms with Gasteiger partial charge in [0.05, 0.1) is 46.3 Å². The summed E-state index contributed by atoms with van der Waals surface area (Å²) in [5.41, 5.74) is 8.82. The summed E-state index contributed by atoms with van der Waals surface area (Å²) < 4.78 is 134. The molecule has 0 aliphatic heterocycles. The van der Waals surface area contributed by atoms with E-state index < -0.39 is 35.6 Å². The Morgan fingerprint density at radius 3 is 1.23 bits per heavy atom. The van der Waals surface area contributed by atoms with Crippen LogP contribution in [0.2, 0.25) is 0 Å². The predicted molar refractivity (Wildman–Crippen MR) is 406 cm³/mol. The van der Waals surface area contributed by atoms with Gasteiger partial charge in [-0.2, -0.15) is 39.5 Å². The van der Waals surface area contributed by atoms with Crippen molar-refractivity contribution in [3.05, 3.63) is 233 Å². The first-order chi connectivity index (χ1) is 54.1. The summed E-state index contributed by atoms with van der Waals surface area (Å²) in [5.74, 6) is 2.29. The molecular formula is C73H56Br2F9N25O4. The van der Waals surface area contributed by atoms with E-state index in [-0.39, 0.29) is 63.7 Å². The molecule has 0 saturated carbocycles. The second-order valence-electron chi connectivity index (χ2n) is 23.7. The fourth-order valence-corrected chi connectivity index (χ4v) is 11.1. The van der Waals surface area contributed by atoms with Gasteiger partial charge in [0.25, 0.3) is 0 Å². The second-order valence-corrected chi connectivity index (χ2v) is 25.3. The van der Waals surface area contributed by atoms with Crippen LogP contribution in [-0.2, 0) is 41.2 Å². The number of nitrogens with two attached hydrogens (primary N) is 1. The number of nitrogens with zero attached hydrogens (tertiary/aromatic N) is 18. The molecule has 0 atom stereocenters. The number of carbonyl (C=O) groups excluding carboxylic acids is 2. The first kappa shape index (κ1) is 78.8. The normalized spacial score (nSPS) is 11.3. The van der Waals surface area contributed by atoms with Crippen LogP contribution in [0.5, 0.6) is 11.5 Å². The van der Waals surface area contributed by atoms with Crippen molar-refractivity contribution < 1.29 is 58.6 Å². The number of nitrogen functional groups attached to an aromatic ring is 1. The van der Waals surface area contributed by atoms with Crippen molar-refractivity contribution in [2.75, 3.05) is 46.5 Å². The number of amides is 2. The molecule has 15 aromatic rings. The van der Waals surface area contributed by atoms with Gasteiger partial charge in [-0.25, -0.2) is 79.7 Å². The summed E-state index contributed by atoms with van der Waals surface area (Å²) in [4.78, 5) is 92.4. The highest BCUT2D eigenvalue weighted by molar-refractivity contribution is 9.10. The van der Waals surface area contributed by atoms with Crippen LogP contribution in [0.3, 0.4) is 0 Å². The number of methoxy groups -OCH3 is 2. The van der Waals surface area contributed by atoms with Crippen LogP contribution in [0.25, 0.3) is 68.0 Å². The van der Waals surface area contributed by atoms with Gasteiger partial charge in [0.1, 0.15) is 72.0 Å². The first-order valence-electron chi connectivity index (χ1n) is 32.9. The second kappa shape index (κ2) is 34.4. The average molecular weight is 1680 g/mol. The van der Waals surface area contributed by atoms with Gasteiger partial charge < -0.3 is 55.9 Å². The number of benzene rings is 2. The van der Waals surface area contributed by atoms with Gasteiger partial charge in [-0.15, -0.1) is 0 Å². The molecule has 0 radical (unpaired) electrons. The molecule has 2 amide bonds. The van der Waals surface area contributed by atoms with Gasteiger partial charge in [0.2, 0.25) is 11.8 Å². The highest BCUT2D eigenvalue weighted by Gasteiger charge is 2.35. The maximum absolute atomic E-state index is 13.4. The Bertz CT molecular complexity index is 5900. The van der Waals surface area contributed by atoms with Crippen LogP contribution < -0.4 is 41.8 Å². The van der Waals surface area contributed by atoms with Crippen molar-refractivity contribution in [3.63, 3.8) is 0 Å². The third-order valence-electron chi connectivity index (χ3n) is 15.4. The van der Waals surface area contributed by atoms with E-state index in [1.165, 1.54) is 69.0 Å². The van der Waals surface area contributed by atoms with Crippen molar-refractivity contribution in [1.29, 1.82) is 0 Å². The first-order valence-corrected chi connectivity index (χ1v) is 34.5. The number of hydrogen-bond acceptors (Lipinski definition) is 24. The molecule has 13 heterocycles. The Labute approximate surface area is 649 Å². The zero-order valence-corrected chi connectivity index (χ0v) is 62.0. The number of pyridine rings is 7. The zero-order valence-electron chi connectivity index (χ0n) is 58.8. The summed E-state index contributed by atoms with van der Waals surface area (Å²) >= 11 is 6.50. The molecule has 574 valence electrons. The number of ether oxygens (including phenoxy) is 2. The van der Waals surface area contributed by atoms with E-state index in [4.69, 9.17) is 15.2 Å². The third-order valence-corrected chi connectivity index (χ3v) is 16.3. The maximum atomic E-state index is 13.4. The van der Waals surface area contributed by atoms with Crippen LogP contribution in [0.1, 0.15) is 42.1 Å². The molecule has 0 aliphatic rings. The van der Waals surface area contributed by atoms with Gasteiger partial charge in [-0.3, -0.25) is 9.59 Å². The lowest BCUT2D eigenvalue weighted by Crippen LogP contribution is -2.09. The number of anilines is 9. The SMILES string of the molecule is CC(=O)Nc1cc(Nc2nc(-c3cccc(C(F)(F)F)n3)nc3nc[nH]c23)ccn1.COc1ccc(Cn2cnc3c(Nc4ccnc(Br)c4)nc(-c4cccc(C(F)(F)F)n4)nc32)cc1.COc1ccc(Cn2cnc3c(Nc4ccnc(NC(C)=O)c4)nc(-c4cccc(C(F)(F)F)n4)nc32)cc1.Nc1ccnc(Br)c1. The largest absolute Gasteiger partial charge is 0.497 e. The zero-order chi connectivity index (χ0) is 80.1. The minimum absolute atomic E-state index is 0.0112. The number of rotatable bonds is 17. The van der Waals surface area contributed by atoms with Crippen molar-refractivity contribution in [2.24, 2.45) is 0 Å². The molecule has 0 spiro atoms. The number of hydrogen-bond donors (Lipinski definition) is 7. The highest BCUT2D eigenvalue weighted by atomic mass is 79.9. The maximum Gasteiger partial charge on any atom is 0.433 e. The fraction of sp³-hybridized carbons (Fsp3) is 0.123. The van der Waals surface area contributed by atoms with E-state index in [1.54, 1.807) is 96.9 Å². The Hall–Kier alpha value is -13.8. The molecule has 2 aromatic carbocycles. The molecule has 15 rings (SSSR count). The van der Waals surface area contributed by atoms with Crippen LogP contribution in [0.15, 0.2) is 205 Å². The molecule has 0 saturated heterocycles. The summed E-state index contributed by atoms with van der Waals surface area (Å²) in [5, 5.41) is 14.5. The summed E-state index contributed by atoms with van der Waals surface area (Å²) in [6, 6.07) is 39.0. The fourth-order valence-electron chi connectivity index (χ4n) is 10.4. The van der Waals surface area contributed by atoms with E-state index in [1.807, 2.05) is 48.5 Å². The number of alkyl halides is 9. The van der Waals surface area contributed by atoms with E-state index in [2.05, 4.69) is 143 Å². The highest BCUT2D eigenvalue weighted by Crippen LogP contribution is 2.36. The number of halogens is 11. The average Bonchev–Trinajstić information content (AvgIpc) is 1.69. The Morgan fingerprint density at radius 1 is 0.451 bits per heavy atom. The van der Waals surface area contributed by atoms with Gasteiger partial charge in [0.15, 0.2) is 62.9 Å². The number of imidazole rings is 3. The molecule has 0 bridgehead atoms. The summed E-state index contributed by atoms with van der Waals surface area (Å²) in [6.07, 6.45) is -3.02. The Kier molecular flexibility index (Phi) is 24.0. The van der Waals surface area contributed by atoms with Gasteiger partial charge in [-0.05, 0) is 140 Å². The number of nitrogens with one attached hydrogen (secondary N) is 6. The van der Waals surface area contributed by atoms with Crippen LogP contribution in [0.4, 0.5) is 91.4 Å². The van der Waals surface area contributed by atoms with Crippen molar-refractivity contribution in [1.82, 2.24) is 93.9 Å². The number of aromatic amines is 1. The molecule has 8 N–H and O–H groups in total. The topological polar surface area (TPSA) is 371 Å².